The lowest BCUT2D eigenvalue weighted by Gasteiger charge is -2.20. The summed E-state index contributed by atoms with van der Waals surface area (Å²) in [5, 5.41) is 14.5. The van der Waals surface area contributed by atoms with Crippen molar-refractivity contribution in [1.29, 1.82) is 5.26 Å². The first-order chi connectivity index (χ1) is 35.9. The fourth-order valence-corrected chi connectivity index (χ4v) is 10.6. The smallest absolute Gasteiger partial charge is 0.194 e. The Kier molecular flexibility index (Phi) is 10.5. The highest BCUT2D eigenvalue weighted by Gasteiger charge is 2.23. The highest BCUT2D eigenvalue weighted by atomic mass is 15.0. The summed E-state index contributed by atoms with van der Waals surface area (Å²) in [5.74, 6) is 0. The summed E-state index contributed by atoms with van der Waals surface area (Å²) in [7, 11) is 0. The second-order valence-electron chi connectivity index (χ2n) is 18.0. The molecule has 0 aliphatic rings. The Balaban J connectivity index is 1.14. The maximum absolute atomic E-state index is 10.6. The van der Waals surface area contributed by atoms with Crippen molar-refractivity contribution < 1.29 is 0 Å². The largest absolute Gasteiger partial charge is 0.309 e. The Morgan fingerprint density at radius 1 is 0.342 bits per heavy atom. The molecule has 0 unspecified atom stereocenters. The van der Waals surface area contributed by atoms with E-state index in [4.69, 9.17) is 26.3 Å². The van der Waals surface area contributed by atoms with Crippen LogP contribution in [0.4, 0.5) is 22.7 Å². The number of para-hydroxylation sites is 4. The Bertz CT molecular complexity index is 4300. The van der Waals surface area contributed by atoms with Crippen LogP contribution in [0.25, 0.3) is 130 Å². The van der Waals surface area contributed by atoms with Gasteiger partial charge in [0, 0.05) is 32.7 Å². The van der Waals surface area contributed by atoms with Gasteiger partial charge in [-0.15, -0.1) is 0 Å². The molecule has 7 heteroatoms. The van der Waals surface area contributed by atoms with E-state index in [0.717, 1.165) is 116 Å². The van der Waals surface area contributed by atoms with Gasteiger partial charge in [0.2, 0.25) is 0 Å². The van der Waals surface area contributed by atoms with Crippen molar-refractivity contribution >= 4 is 66.4 Å². The van der Waals surface area contributed by atoms with Crippen LogP contribution >= 0.6 is 0 Å². The third kappa shape index (κ3) is 7.16. The van der Waals surface area contributed by atoms with Crippen molar-refractivity contribution in [3.63, 3.8) is 0 Å². The number of aromatic nitrogens is 2. The molecule has 0 bridgehead atoms. The van der Waals surface area contributed by atoms with Crippen LogP contribution in [0.15, 0.2) is 206 Å². The van der Waals surface area contributed by atoms with Gasteiger partial charge < -0.3 is 9.13 Å². The van der Waals surface area contributed by atoms with E-state index in [1.54, 1.807) is 0 Å². The summed E-state index contributed by atoms with van der Waals surface area (Å²) in [5.41, 5.74) is 18.2. The second-order valence-corrected chi connectivity index (χ2v) is 18.0. The molecule has 0 radical (unpaired) electrons. The zero-order valence-corrected chi connectivity index (χ0v) is 39.3. The molecule has 2 heterocycles. The number of rotatable bonds is 7. The zero-order chi connectivity index (χ0) is 49.7. The lowest BCUT2D eigenvalue weighted by Crippen LogP contribution is -2.02. The summed E-state index contributed by atoms with van der Waals surface area (Å²) >= 11 is 0. The molecule has 0 saturated carbocycles. The fraction of sp³-hybridized carbons (Fsp3) is 0.0152. The third-order valence-electron chi connectivity index (χ3n) is 13.9. The summed E-state index contributed by atoms with van der Waals surface area (Å²) in [6.07, 6.45) is 0. The maximum atomic E-state index is 10.6. The quantitative estimate of drug-likeness (QED) is 0.147. The van der Waals surface area contributed by atoms with Gasteiger partial charge in [-0.05, 0) is 130 Å². The topological polar surface area (TPSA) is 51.1 Å². The third-order valence-corrected chi connectivity index (χ3v) is 13.9. The molecule has 12 rings (SSSR count). The van der Waals surface area contributed by atoms with Crippen LogP contribution < -0.4 is 0 Å². The van der Waals surface area contributed by atoms with Crippen molar-refractivity contribution in [2.24, 2.45) is 0 Å². The molecule has 336 valence electrons. The van der Waals surface area contributed by atoms with Gasteiger partial charge in [-0.1, -0.05) is 133 Å². The van der Waals surface area contributed by atoms with Crippen molar-refractivity contribution in [2.75, 3.05) is 0 Å². The first-order valence-electron chi connectivity index (χ1n) is 23.6. The molecule has 0 aliphatic heterocycles. The minimum atomic E-state index is 0.510. The van der Waals surface area contributed by atoms with E-state index < -0.39 is 0 Å². The molecule has 0 N–H and O–H groups in total. The molecule has 0 amide bonds. The van der Waals surface area contributed by atoms with Gasteiger partial charge in [0.05, 0.1) is 71.4 Å². The van der Waals surface area contributed by atoms with E-state index in [2.05, 4.69) is 133 Å². The van der Waals surface area contributed by atoms with E-state index >= 15 is 0 Å². The van der Waals surface area contributed by atoms with Crippen LogP contribution in [0, 0.1) is 44.5 Å². The number of nitriles is 1. The highest BCUT2D eigenvalue weighted by molar-refractivity contribution is 6.14. The van der Waals surface area contributed by atoms with E-state index in [1.807, 2.05) is 115 Å². The molecule has 12 aromatic rings. The number of benzene rings is 10. The molecular weight excluding hydrogens is 891 g/mol. The number of aryl methyl sites for hydroxylation is 1. The van der Waals surface area contributed by atoms with Gasteiger partial charge in [0.15, 0.2) is 22.7 Å². The van der Waals surface area contributed by atoms with Crippen molar-refractivity contribution in [3.05, 3.63) is 263 Å². The van der Waals surface area contributed by atoms with Gasteiger partial charge in [-0.25, -0.2) is 19.4 Å². The van der Waals surface area contributed by atoms with Crippen molar-refractivity contribution in [1.82, 2.24) is 9.13 Å². The molecule has 0 fully saturated rings. The maximum Gasteiger partial charge on any atom is 0.194 e. The van der Waals surface area contributed by atoms with Crippen LogP contribution in [0.5, 0.6) is 0 Å². The fourth-order valence-electron chi connectivity index (χ4n) is 10.6. The zero-order valence-electron chi connectivity index (χ0n) is 39.3. The van der Waals surface area contributed by atoms with Crippen LogP contribution in [-0.4, -0.2) is 9.13 Å². The van der Waals surface area contributed by atoms with Gasteiger partial charge in [-0.3, -0.25) is 0 Å². The molecule has 10 aromatic carbocycles. The molecular formula is C66H37N7. The summed E-state index contributed by atoms with van der Waals surface area (Å²) in [4.78, 5) is 15.5. The summed E-state index contributed by atoms with van der Waals surface area (Å²) in [6.45, 7) is 34.1. The number of nitrogens with zero attached hydrogens (tertiary/aromatic N) is 7. The van der Waals surface area contributed by atoms with Crippen LogP contribution in [0.2, 0.25) is 0 Å². The minimum absolute atomic E-state index is 0.510. The first kappa shape index (κ1) is 43.5. The SMILES string of the molecule is [C-]#[N+]c1ccccc1-c1ccc2c(c1)c1cc(-c3ccccc3[N+]#[C-])ccc1n2-c1ccc(C#N)cc1-c1ccc(C)cc1-n1c2ccc(-c3ccccc3[N+]#[C-])cc2c2cc(-c3ccccc3[N+]#[C-])ccc21. The van der Waals surface area contributed by atoms with E-state index in [-0.39, 0.29) is 0 Å². The van der Waals surface area contributed by atoms with Crippen molar-refractivity contribution in [3.8, 4) is 73.1 Å². The monoisotopic (exact) mass is 927 g/mol. The Morgan fingerprint density at radius 3 is 1.05 bits per heavy atom. The molecule has 2 aromatic heterocycles. The van der Waals surface area contributed by atoms with Gasteiger partial charge in [-0.2, -0.15) is 5.26 Å². The Morgan fingerprint density at radius 2 is 0.699 bits per heavy atom. The minimum Gasteiger partial charge on any atom is -0.309 e. The van der Waals surface area contributed by atoms with Gasteiger partial charge in [0.1, 0.15) is 0 Å². The van der Waals surface area contributed by atoms with E-state index in [1.165, 1.54) is 0 Å². The lowest BCUT2D eigenvalue weighted by atomic mass is 9.97. The lowest BCUT2D eigenvalue weighted by molar-refractivity contribution is 1.15. The van der Waals surface area contributed by atoms with Gasteiger partial charge >= 0.3 is 0 Å². The summed E-state index contributed by atoms with van der Waals surface area (Å²) in [6, 6.07) is 71.0. The normalized spacial score (nSPS) is 11.0. The van der Waals surface area contributed by atoms with Crippen molar-refractivity contribution in [2.45, 2.75) is 6.92 Å². The van der Waals surface area contributed by atoms with E-state index in [0.29, 0.717) is 28.3 Å². The predicted octanol–water partition coefficient (Wildman–Crippen LogP) is 18.6. The average Bonchev–Trinajstić information content (AvgIpc) is 3.96. The second kappa shape index (κ2) is 17.6. The summed E-state index contributed by atoms with van der Waals surface area (Å²) < 4.78 is 4.58. The Hall–Kier alpha value is -10.8. The average molecular weight is 928 g/mol. The molecule has 7 nitrogen and oxygen atoms in total. The molecule has 0 spiro atoms. The molecule has 0 saturated heterocycles. The van der Waals surface area contributed by atoms with Gasteiger partial charge in [0.25, 0.3) is 0 Å². The predicted molar refractivity (Wildman–Crippen MR) is 297 cm³/mol. The number of fused-ring (bicyclic) bond motifs is 6. The van der Waals surface area contributed by atoms with E-state index in [9.17, 15) is 5.26 Å². The highest BCUT2D eigenvalue weighted by Crippen LogP contribution is 2.46. The standard InChI is InChI=1S/C66H37N7/c1-41-22-28-51(66(34-41)73-64-32-26-45(49-16-8-12-20-59(49)70-4)38-55(64)56-39-46(27-33-65(56)73)50-17-9-13-21-60(50)71-5)52-35-42(40-67)23-29-61(52)72-62-30-24-43(47-14-6-10-18-57(47)68-2)36-53(62)54-37-44(25-31-63(54)72)48-15-7-11-19-58(48)69-3/h6-39H,1H3. The first-order valence-corrected chi connectivity index (χ1v) is 23.6. The van der Waals surface area contributed by atoms with Crippen LogP contribution in [0.1, 0.15) is 11.1 Å². The number of hydrogen-bond acceptors (Lipinski definition) is 1. The molecule has 0 aliphatic carbocycles. The number of hydrogen-bond donors (Lipinski definition) is 0. The molecule has 73 heavy (non-hydrogen) atoms. The Labute approximate surface area is 421 Å². The van der Waals surface area contributed by atoms with Crippen LogP contribution in [-0.2, 0) is 0 Å². The van der Waals surface area contributed by atoms with Crippen LogP contribution in [0.3, 0.4) is 0 Å². The molecule has 0 atom stereocenters.